The first-order valence-electron chi connectivity index (χ1n) is 17.6. The highest BCUT2D eigenvalue weighted by Gasteiger charge is 2.39. The summed E-state index contributed by atoms with van der Waals surface area (Å²) in [7, 11) is 1.69. The van der Waals surface area contributed by atoms with Gasteiger partial charge in [0.25, 0.3) is 11.8 Å². The zero-order chi connectivity index (χ0) is 35.2. The van der Waals surface area contributed by atoms with E-state index in [0.29, 0.717) is 18.0 Å². The Morgan fingerprint density at radius 1 is 0.920 bits per heavy atom. The second kappa shape index (κ2) is 15.8. The van der Waals surface area contributed by atoms with Crippen LogP contribution in [-0.4, -0.2) is 90.2 Å². The minimum Gasteiger partial charge on any atom is -0.489 e. The number of benzene rings is 3. The molecule has 2 heterocycles. The van der Waals surface area contributed by atoms with Crippen LogP contribution in [-0.2, 0) is 16.1 Å². The van der Waals surface area contributed by atoms with Crippen molar-refractivity contribution in [3.8, 4) is 5.75 Å². The SMILES string of the molecule is CC(=O)Nc1cc(F)cc(C(=O)N2CCN(C(=O)c3ccc(O[C@H]4CCNC4)c(C4CCCCC4)c3)C(C(=O)N(C)Cc3ccccc3)C2)c1. The Labute approximate surface area is 292 Å². The predicted molar refractivity (Wildman–Crippen MR) is 189 cm³/mol. The van der Waals surface area contributed by atoms with Crippen molar-refractivity contribution in [2.45, 2.75) is 70.1 Å². The van der Waals surface area contributed by atoms with Crippen LogP contribution in [0.25, 0.3) is 0 Å². The number of carbonyl (C=O) groups is 4. The smallest absolute Gasteiger partial charge is 0.254 e. The highest BCUT2D eigenvalue weighted by molar-refractivity contribution is 6.00. The fourth-order valence-corrected chi connectivity index (χ4v) is 7.38. The molecule has 2 aliphatic heterocycles. The Bertz CT molecular complexity index is 1710. The molecule has 0 radical (unpaired) electrons. The quantitative estimate of drug-likeness (QED) is 0.321. The molecule has 2 atom stereocenters. The van der Waals surface area contributed by atoms with Gasteiger partial charge in [-0.2, -0.15) is 0 Å². The lowest BCUT2D eigenvalue weighted by atomic mass is 9.83. The van der Waals surface area contributed by atoms with Crippen LogP contribution in [0.5, 0.6) is 5.75 Å². The predicted octanol–water partition coefficient (Wildman–Crippen LogP) is 5.20. The first-order chi connectivity index (χ1) is 24.2. The monoisotopic (exact) mass is 683 g/mol. The van der Waals surface area contributed by atoms with Crippen LogP contribution < -0.4 is 15.4 Å². The van der Waals surface area contributed by atoms with Gasteiger partial charge in [0.05, 0.1) is 6.54 Å². The molecule has 0 spiro atoms. The van der Waals surface area contributed by atoms with Crippen molar-refractivity contribution >= 4 is 29.3 Å². The molecule has 3 fully saturated rings. The van der Waals surface area contributed by atoms with E-state index in [-0.39, 0.29) is 48.8 Å². The Balaban J connectivity index is 1.29. The van der Waals surface area contributed by atoms with E-state index in [4.69, 9.17) is 4.74 Å². The third kappa shape index (κ3) is 8.33. The van der Waals surface area contributed by atoms with E-state index in [1.54, 1.807) is 22.9 Å². The van der Waals surface area contributed by atoms with Crippen LogP contribution in [0, 0.1) is 5.82 Å². The van der Waals surface area contributed by atoms with E-state index in [1.165, 1.54) is 24.3 Å². The van der Waals surface area contributed by atoms with Gasteiger partial charge in [-0.15, -0.1) is 0 Å². The molecular formula is C39H46FN5O5. The maximum absolute atomic E-state index is 14.5. The van der Waals surface area contributed by atoms with Gasteiger partial charge < -0.3 is 30.1 Å². The van der Waals surface area contributed by atoms with E-state index in [2.05, 4.69) is 10.6 Å². The van der Waals surface area contributed by atoms with Crippen LogP contribution in [0.15, 0.2) is 66.7 Å². The minimum atomic E-state index is -0.976. The third-order valence-electron chi connectivity index (χ3n) is 9.93. The highest BCUT2D eigenvalue weighted by Crippen LogP contribution is 2.39. The number of nitrogens with one attached hydrogen (secondary N) is 2. The summed E-state index contributed by atoms with van der Waals surface area (Å²) in [4.78, 5) is 58.7. The summed E-state index contributed by atoms with van der Waals surface area (Å²) in [6.45, 7) is 3.52. The summed E-state index contributed by atoms with van der Waals surface area (Å²) in [6, 6.07) is 17.9. The number of rotatable bonds is 9. The Kier molecular flexibility index (Phi) is 11.1. The van der Waals surface area contributed by atoms with Crippen LogP contribution in [0.1, 0.15) is 83.2 Å². The average Bonchev–Trinajstić information content (AvgIpc) is 3.64. The summed E-state index contributed by atoms with van der Waals surface area (Å²) in [6.07, 6.45) is 6.54. The van der Waals surface area contributed by atoms with Crippen LogP contribution in [0.4, 0.5) is 10.1 Å². The molecule has 1 aliphatic carbocycles. The van der Waals surface area contributed by atoms with Gasteiger partial charge in [0.1, 0.15) is 23.7 Å². The van der Waals surface area contributed by atoms with Crippen molar-refractivity contribution in [2.75, 3.05) is 45.1 Å². The number of nitrogens with zero attached hydrogens (tertiary/aromatic N) is 3. The molecule has 4 amide bonds. The molecule has 3 aromatic carbocycles. The van der Waals surface area contributed by atoms with Crippen molar-refractivity contribution in [3.05, 3.63) is 94.8 Å². The van der Waals surface area contributed by atoms with Crippen molar-refractivity contribution in [3.63, 3.8) is 0 Å². The molecule has 3 aliphatic rings. The molecule has 1 unspecified atom stereocenters. The van der Waals surface area contributed by atoms with Crippen LogP contribution in [0.2, 0.25) is 0 Å². The lowest BCUT2D eigenvalue weighted by molar-refractivity contribution is -0.137. The second-order valence-electron chi connectivity index (χ2n) is 13.7. The molecule has 10 nitrogen and oxygen atoms in total. The first kappa shape index (κ1) is 35.1. The van der Waals surface area contributed by atoms with E-state index in [1.807, 2.05) is 42.5 Å². The third-order valence-corrected chi connectivity index (χ3v) is 9.93. The summed E-state index contributed by atoms with van der Waals surface area (Å²) < 4.78 is 21.0. The Hall–Kier alpha value is -4.77. The number of ether oxygens (including phenoxy) is 1. The Morgan fingerprint density at radius 3 is 2.42 bits per heavy atom. The molecule has 0 aromatic heterocycles. The number of anilines is 1. The van der Waals surface area contributed by atoms with Crippen molar-refractivity contribution in [1.29, 1.82) is 0 Å². The van der Waals surface area contributed by atoms with Gasteiger partial charge in [0.15, 0.2) is 0 Å². The number of amides is 4. The van der Waals surface area contributed by atoms with Gasteiger partial charge in [-0.3, -0.25) is 19.2 Å². The molecule has 1 saturated carbocycles. The average molecular weight is 684 g/mol. The molecule has 0 bridgehead atoms. The lowest BCUT2D eigenvalue weighted by Gasteiger charge is -2.42. The van der Waals surface area contributed by atoms with Gasteiger partial charge in [-0.05, 0) is 79.3 Å². The zero-order valence-corrected chi connectivity index (χ0v) is 28.8. The van der Waals surface area contributed by atoms with Gasteiger partial charge in [0.2, 0.25) is 11.8 Å². The fraction of sp³-hybridized carbons (Fsp3) is 0.436. The standard InChI is InChI=1S/C39H46FN5O5/c1-26(46)42-32-20-30(19-31(40)22-32)37(47)44-17-18-45(35(25-44)39(49)43(2)24-27-9-5-3-6-10-27)38(48)29-13-14-36(50-33-15-16-41-23-33)34(21-29)28-11-7-4-8-12-28/h3,5-6,9-10,13-14,19-22,28,33,35,41H,4,7-8,11-12,15-18,23-25H2,1-2H3,(H,42,46)/t33-,35?/m0/s1. The number of halogens is 1. The number of hydrogen-bond donors (Lipinski definition) is 2. The largest absolute Gasteiger partial charge is 0.489 e. The van der Waals surface area contributed by atoms with E-state index in [9.17, 15) is 23.6 Å². The minimum absolute atomic E-state index is 0.0440. The molecule has 2 N–H and O–H groups in total. The maximum Gasteiger partial charge on any atom is 0.254 e. The molecule has 6 rings (SSSR count). The van der Waals surface area contributed by atoms with Gasteiger partial charge in [-0.25, -0.2) is 4.39 Å². The first-order valence-corrected chi connectivity index (χ1v) is 17.6. The second-order valence-corrected chi connectivity index (χ2v) is 13.7. The topological polar surface area (TPSA) is 111 Å². The normalized spacial score (nSPS) is 19.6. The summed E-state index contributed by atoms with van der Waals surface area (Å²) in [5.41, 5.74) is 2.66. The molecular weight excluding hydrogens is 637 g/mol. The van der Waals surface area contributed by atoms with Gasteiger partial charge in [-0.1, -0.05) is 49.6 Å². The lowest BCUT2D eigenvalue weighted by Crippen LogP contribution is -2.61. The van der Waals surface area contributed by atoms with Gasteiger partial charge in [0, 0.05) is 57.0 Å². The Morgan fingerprint density at radius 2 is 1.70 bits per heavy atom. The van der Waals surface area contributed by atoms with Crippen molar-refractivity contribution < 1.29 is 28.3 Å². The van der Waals surface area contributed by atoms with Crippen LogP contribution in [0.3, 0.4) is 0 Å². The van der Waals surface area contributed by atoms with E-state index < -0.39 is 23.7 Å². The molecule has 3 aromatic rings. The highest BCUT2D eigenvalue weighted by atomic mass is 19.1. The summed E-state index contributed by atoms with van der Waals surface area (Å²) in [5, 5.41) is 5.88. The maximum atomic E-state index is 14.5. The molecule has 264 valence electrons. The molecule has 11 heteroatoms. The molecule has 50 heavy (non-hydrogen) atoms. The number of piperazine rings is 1. The number of likely N-dealkylation sites (N-methyl/N-ethyl adjacent to an activating group) is 1. The molecule has 2 saturated heterocycles. The number of hydrogen-bond acceptors (Lipinski definition) is 6. The summed E-state index contributed by atoms with van der Waals surface area (Å²) in [5.74, 6) is -1.04. The van der Waals surface area contributed by atoms with E-state index in [0.717, 1.165) is 74.2 Å². The zero-order valence-electron chi connectivity index (χ0n) is 28.8. The van der Waals surface area contributed by atoms with Crippen LogP contribution >= 0.6 is 0 Å². The number of carbonyl (C=O) groups excluding carboxylic acids is 4. The summed E-state index contributed by atoms with van der Waals surface area (Å²) >= 11 is 0. The van der Waals surface area contributed by atoms with Crippen molar-refractivity contribution in [2.24, 2.45) is 0 Å². The fourth-order valence-electron chi connectivity index (χ4n) is 7.38. The van der Waals surface area contributed by atoms with E-state index >= 15 is 0 Å². The van der Waals surface area contributed by atoms with Crippen molar-refractivity contribution in [1.82, 2.24) is 20.0 Å². The van der Waals surface area contributed by atoms with Gasteiger partial charge >= 0.3 is 0 Å².